The number of methoxy groups -OCH3 is 2. The highest BCUT2D eigenvalue weighted by molar-refractivity contribution is 5.43. The molecule has 0 atom stereocenters. The Kier molecular flexibility index (Phi) is 4.29. The summed E-state index contributed by atoms with van der Waals surface area (Å²) in [6.45, 7) is 2.01. The van der Waals surface area contributed by atoms with E-state index in [1.807, 2.05) is 23.1 Å². The third-order valence-electron chi connectivity index (χ3n) is 3.08. The molecule has 0 unspecified atom stereocenters. The van der Waals surface area contributed by atoms with E-state index in [0.29, 0.717) is 30.4 Å². The first kappa shape index (κ1) is 14.0. The van der Waals surface area contributed by atoms with E-state index in [1.165, 1.54) is 0 Å². The molecule has 0 amide bonds. The highest BCUT2D eigenvalue weighted by atomic mass is 16.6. The van der Waals surface area contributed by atoms with E-state index in [2.05, 4.69) is 5.32 Å². The van der Waals surface area contributed by atoms with Crippen LogP contribution in [0.4, 0.5) is 0 Å². The van der Waals surface area contributed by atoms with Gasteiger partial charge < -0.3 is 19.7 Å². The van der Waals surface area contributed by atoms with Gasteiger partial charge in [0.1, 0.15) is 0 Å². The SMILES string of the molecule is COc1ccc(CN2CCN/C2=C\[N+](=O)[O-])cc1OC. The van der Waals surface area contributed by atoms with E-state index >= 15 is 0 Å². The third kappa shape index (κ3) is 3.11. The van der Waals surface area contributed by atoms with Gasteiger partial charge in [-0.1, -0.05) is 6.07 Å². The van der Waals surface area contributed by atoms with Crippen molar-refractivity contribution >= 4 is 0 Å². The van der Waals surface area contributed by atoms with E-state index in [1.54, 1.807) is 14.2 Å². The second kappa shape index (κ2) is 6.14. The number of nitrogens with one attached hydrogen (secondary N) is 1. The molecule has 0 aromatic heterocycles. The summed E-state index contributed by atoms with van der Waals surface area (Å²) in [4.78, 5) is 12.0. The van der Waals surface area contributed by atoms with Crippen molar-refractivity contribution in [3.05, 3.63) is 45.9 Å². The Morgan fingerprint density at radius 3 is 2.80 bits per heavy atom. The van der Waals surface area contributed by atoms with Gasteiger partial charge in [0.15, 0.2) is 17.3 Å². The molecular formula is C13H17N3O4. The summed E-state index contributed by atoms with van der Waals surface area (Å²) in [5, 5.41) is 13.6. The molecule has 1 N–H and O–H groups in total. The maximum absolute atomic E-state index is 10.6. The number of hydrogen-bond donors (Lipinski definition) is 1. The Bertz CT molecular complexity index is 530. The van der Waals surface area contributed by atoms with Gasteiger partial charge in [-0.15, -0.1) is 0 Å². The topological polar surface area (TPSA) is 76.9 Å². The smallest absolute Gasteiger partial charge is 0.274 e. The molecule has 1 fully saturated rings. The van der Waals surface area contributed by atoms with Gasteiger partial charge in [0, 0.05) is 19.6 Å². The number of rotatable bonds is 5. The van der Waals surface area contributed by atoms with Crippen LogP contribution in [0, 0.1) is 10.1 Å². The molecule has 2 rings (SSSR count). The van der Waals surface area contributed by atoms with Crippen LogP contribution in [-0.2, 0) is 6.54 Å². The average Bonchev–Trinajstić information content (AvgIpc) is 2.85. The Labute approximate surface area is 116 Å². The molecule has 1 aliphatic rings. The number of nitro groups is 1. The van der Waals surface area contributed by atoms with E-state index in [-0.39, 0.29) is 0 Å². The summed E-state index contributed by atoms with van der Waals surface area (Å²) < 4.78 is 10.4. The maximum Gasteiger partial charge on any atom is 0.274 e. The van der Waals surface area contributed by atoms with Crippen molar-refractivity contribution in [2.45, 2.75) is 6.54 Å². The Balaban J connectivity index is 2.15. The van der Waals surface area contributed by atoms with Gasteiger partial charge in [-0.2, -0.15) is 0 Å². The van der Waals surface area contributed by atoms with Gasteiger partial charge in [0.25, 0.3) is 6.20 Å². The molecular weight excluding hydrogens is 262 g/mol. The standard InChI is InChI=1S/C13H17N3O4/c1-19-11-4-3-10(7-12(11)20-2)8-15-6-5-14-13(15)9-16(17)18/h3-4,7,9,14H,5-6,8H2,1-2H3/b13-9+. The lowest BCUT2D eigenvalue weighted by Gasteiger charge is -2.18. The summed E-state index contributed by atoms with van der Waals surface area (Å²) in [6, 6.07) is 5.62. The molecule has 1 aliphatic heterocycles. The molecule has 0 saturated carbocycles. The quantitative estimate of drug-likeness (QED) is 0.644. The van der Waals surface area contributed by atoms with Crippen LogP contribution in [0.5, 0.6) is 11.5 Å². The molecule has 0 radical (unpaired) electrons. The molecule has 108 valence electrons. The Morgan fingerprint density at radius 2 is 2.15 bits per heavy atom. The van der Waals surface area contributed by atoms with Gasteiger partial charge in [-0.05, 0) is 17.7 Å². The van der Waals surface area contributed by atoms with Crippen molar-refractivity contribution in [3.8, 4) is 11.5 Å². The summed E-state index contributed by atoms with van der Waals surface area (Å²) in [7, 11) is 3.16. The normalized spacial score (nSPS) is 16.1. The molecule has 0 aliphatic carbocycles. The van der Waals surface area contributed by atoms with Crippen molar-refractivity contribution < 1.29 is 14.4 Å². The van der Waals surface area contributed by atoms with Gasteiger partial charge in [0.2, 0.25) is 0 Å². The summed E-state index contributed by atoms with van der Waals surface area (Å²) in [5.41, 5.74) is 1.00. The highest BCUT2D eigenvalue weighted by Gasteiger charge is 2.20. The molecule has 1 aromatic rings. The van der Waals surface area contributed by atoms with E-state index < -0.39 is 4.92 Å². The highest BCUT2D eigenvalue weighted by Crippen LogP contribution is 2.28. The summed E-state index contributed by atoms with van der Waals surface area (Å²) in [5.74, 6) is 1.85. The lowest BCUT2D eigenvalue weighted by molar-refractivity contribution is -0.404. The van der Waals surface area contributed by atoms with Gasteiger partial charge in [-0.3, -0.25) is 10.1 Å². The second-order valence-electron chi connectivity index (χ2n) is 4.34. The average molecular weight is 279 g/mol. The van der Waals surface area contributed by atoms with Crippen LogP contribution in [0.3, 0.4) is 0 Å². The van der Waals surface area contributed by atoms with Crippen molar-refractivity contribution in [1.29, 1.82) is 0 Å². The minimum Gasteiger partial charge on any atom is -0.493 e. The monoisotopic (exact) mass is 279 g/mol. The predicted molar refractivity (Wildman–Crippen MR) is 73.0 cm³/mol. The fourth-order valence-corrected chi connectivity index (χ4v) is 2.14. The molecule has 1 heterocycles. The maximum atomic E-state index is 10.6. The van der Waals surface area contributed by atoms with Gasteiger partial charge in [0.05, 0.1) is 19.1 Å². The number of ether oxygens (including phenoxy) is 2. The van der Waals surface area contributed by atoms with Crippen molar-refractivity contribution in [2.24, 2.45) is 0 Å². The molecule has 0 bridgehead atoms. The van der Waals surface area contributed by atoms with Crippen LogP contribution < -0.4 is 14.8 Å². The minimum atomic E-state index is -0.449. The van der Waals surface area contributed by atoms with Crippen LogP contribution in [-0.4, -0.2) is 37.1 Å². The number of benzene rings is 1. The molecule has 7 heteroatoms. The first-order valence-electron chi connectivity index (χ1n) is 6.19. The van der Waals surface area contributed by atoms with Crippen molar-refractivity contribution in [3.63, 3.8) is 0 Å². The first-order chi connectivity index (χ1) is 9.63. The summed E-state index contributed by atoms with van der Waals surface area (Å²) >= 11 is 0. The Hall–Kier alpha value is -2.44. The molecule has 1 aromatic carbocycles. The number of hydrogen-bond acceptors (Lipinski definition) is 6. The zero-order chi connectivity index (χ0) is 14.5. The van der Waals surface area contributed by atoms with E-state index in [0.717, 1.165) is 18.3 Å². The fourth-order valence-electron chi connectivity index (χ4n) is 2.14. The minimum absolute atomic E-state index is 0.449. The summed E-state index contributed by atoms with van der Waals surface area (Å²) in [6.07, 6.45) is 0.994. The van der Waals surface area contributed by atoms with Gasteiger partial charge >= 0.3 is 0 Å². The predicted octanol–water partition coefficient (Wildman–Crippen LogP) is 1.18. The lowest BCUT2D eigenvalue weighted by Crippen LogP contribution is -2.20. The van der Waals surface area contributed by atoms with Crippen LogP contribution >= 0.6 is 0 Å². The number of nitrogens with zero attached hydrogens (tertiary/aromatic N) is 2. The fraction of sp³-hybridized carbons (Fsp3) is 0.385. The van der Waals surface area contributed by atoms with Crippen molar-refractivity contribution in [1.82, 2.24) is 10.2 Å². The van der Waals surface area contributed by atoms with Crippen LogP contribution in [0.15, 0.2) is 30.2 Å². The lowest BCUT2D eigenvalue weighted by atomic mass is 10.2. The third-order valence-corrected chi connectivity index (χ3v) is 3.08. The van der Waals surface area contributed by atoms with E-state index in [4.69, 9.17) is 9.47 Å². The van der Waals surface area contributed by atoms with Gasteiger partial charge in [-0.25, -0.2) is 0 Å². The zero-order valence-electron chi connectivity index (χ0n) is 11.5. The van der Waals surface area contributed by atoms with Crippen LogP contribution in [0.1, 0.15) is 5.56 Å². The van der Waals surface area contributed by atoms with Crippen molar-refractivity contribution in [2.75, 3.05) is 27.3 Å². The first-order valence-corrected chi connectivity index (χ1v) is 6.19. The molecule has 0 spiro atoms. The van der Waals surface area contributed by atoms with Crippen LogP contribution in [0.2, 0.25) is 0 Å². The van der Waals surface area contributed by atoms with Crippen LogP contribution in [0.25, 0.3) is 0 Å². The zero-order valence-corrected chi connectivity index (χ0v) is 11.5. The largest absolute Gasteiger partial charge is 0.493 e. The molecule has 20 heavy (non-hydrogen) atoms. The second-order valence-corrected chi connectivity index (χ2v) is 4.34. The molecule has 7 nitrogen and oxygen atoms in total. The molecule has 1 saturated heterocycles. The Morgan fingerprint density at radius 1 is 1.40 bits per heavy atom. The van der Waals surface area contributed by atoms with E-state index in [9.17, 15) is 10.1 Å².